The van der Waals surface area contributed by atoms with E-state index in [2.05, 4.69) is 24.4 Å². The van der Waals surface area contributed by atoms with Gasteiger partial charge in [0.25, 0.3) is 5.91 Å². The molecular formula is C19H24N4O3S. The largest absolute Gasteiger partial charge is 0.492 e. The Labute approximate surface area is 162 Å². The Morgan fingerprint density at radius 1 is 1.30 bits per heavy atom. The van der Waals surface area contributed by atoms with Gasteiger partial charge in [0.1, 0.15) is 12.4 Å². The van der Waals surface area contributed by atoms with Crippen molar-refractivity contribution in [2.45, 2.75) is 37.1 Å². The Bertz CT molecular complexity index is 763. The Hall–Kier alpha value is -2.29. The maximum absolute atomic E-state index is 11.9. The van der Waals surface area contributed by atoms with E-state index in [4.69, 9.17) is 16.3 Å². The highest BCUT2D eigenvalue weighted by Crippen LogP contribution is 2.27. The van der Waals surface area contributed by atoms with Crippen molar-refractivity contribution in [1.29, 1.82) is 0 Å². The number of rotatable bonds is 7. The summed E-state index contributed by atoms with van der Waals surface area (Å²) < 4.78 is 5.78. The fourth-order valence-corrected chi connectivity index (χ4v) is 3.79. The highest BCUT2D eigenvalue weighted by Gasteiger charge is 2.37. The summed E-state index contributed by atoms with van der Waals surface area (Å²) in [7, 11) is 0. The first-order chi connectivity index (χ1) is 13.0. The zero-order valence-electron chi connectivity index (χ0n) is 15.1. The molecule has 1 aromatic rings. The molecule has 2 aliphatic rings. The van der Waals surface area contributed by atoms with E-state index < -0.39 is 10.5 Å². The lowest BCUT2D eigenvalue weighted by molar-refractivity contribution is -0.126. The number of amides is 2. The highest BCUT2D eigenvalue weighted by molar-refractivity contribution is 8.15. The number of nitrogens with one attached hydrogen (secondary N) is 1. The molecule has 2 amide bonds. The van der Waals surface area contributed by atoms with E-state index in [1.54, 1.807) is 0 Å². The minimum Gasteiger partial charge on any atom is -0.492 e. The van der Waals surface area contributed by atoms with Crippen molar-refractivity contribution >= 4 is 22.9 Å². The van der Waals surface area contributed by atoms with Gasteiger partial charge in [0, 0.05) is 6.20 Å². The molecule has 3 atom stereocenters. The molecule has 8 heteroatoms. The standard InChI is InChI=1S/C19H24N4O3S/c1-2-12-5-8-16(22-10-12)15(20)11-26-14-6-3-13(4-7-14)9-17-18(24)23(21)19(25)27-17/h3-8,10,15-17,22H,2,9,11,20-21H2,1H3. The number of carbonyl (C=O) groups is 2. The number of carbonyl (C=O) groups excluding carboxylic acids is 2. The number of ether oxygens (including phenoxy) is 1. The fraction of sp³-hybridized carbons (Fsp3) is 0.368. The van der Waals surface area contributed by atoms with Crippen molar-refractivity contribution in [3.8, 4) is 5.75 Å². The fourth-order valence-electron chi connectivity index (χ4n) is 2.86. The average Bonchev–Trinajstić information content (AvgIpc) is 2.94. The molecule has 0 radical (unpaired) electrons. The third-order valence-electron chi connectivity index (χ3n) is 4.59. The van der Waals surface area contributed by atoms with Crippen molar-refractivity contribution in [3.63, 3.8) is 0 Å². The van der Waals surface area contributed by atoms with Crippen molar-refractivity contribution in [3.05, 3.63) is 53.8 Å². The van der Waals surface area contributed by atoms with Gasteiger partial charge >= 0.3 is 5.24 Å². The van der Waals surface area contributed by atoms with Gasteiger partial charge in [-0.1, -0.05) is 31.2 Å². The number of imide groups is 1. The van der Waals surface area contributed by atoms with Gasteiger partial charge in [-0.2, -0.15) is 0 Å². The summed E-state index contributed by atoms with van der Waals surface area (Å²) in [6, 6.07) is 7.31. The van der Waals surface area contributed by atoms with Gasteiger partial charge in [-0.15, -0.1) is 0 Å². The molecule has 0 bridgehead atoms. The van der Waals surface area contributed by atoms with Gasteiger partial charge in [-0.3, -0.25) is 9.59 Å². The van der Waals surface area contributed by atoms with Gasteiger partial charge < -0.3 is 15.8 Å². The zero-order chi connectivity index (χ0) is 19.4. The Morgan fingerprint density at radius 3 is 2.59 bits per heavy atom. The van der Waals surface area contributed by atoms with Crippen molar-refractivity contribution < 1.29 is 14.3 Å². The van der Waals surface area contributed by atoms with Gasteiger partial charge in [0.05, 0.1) is 17.3 Å². The molecule has 0 aromatic heterocycles. The van der Waals surface area contributed by atoms with E-state index in [0.29, 0.717) is 23.8 Å². The normalized spacial score (nSPS) is 23.2. The quantitative estimate of drug-likeness (QED) is 0.481. The molecule has 1 fully saturated rings. The Kier molecular flexibility index (Phi) is 6.20. The molecule has 2 aliphatic heterocycles. The Balaban J connectivity index is 1.48. The third-order valence-corrected chi connectivity index (χ3v) is 5.64. The second-order valence-corrected chi connectivity index (χ2v) is 7.68. The first kappa shape index (κ1) is 19.5. The summed E-state index contributed by atoms with van der Waals surface area (Å²) in [6.07, 6.45) is 7.58. The first-order valence-electron chi connectivity index (χ1n) is 8.88. The lowest BCUT2D eigenvalue weighted by Crippen LogP contribution is -2.46. The molecule has 0 spiro atoms. The molecule has 0 aliphatic carbocycles. The molecule has 2 heterocycles. The van der Waals surface area contributed by atoms with Crippen LogP contribution in [0.15, 0.2) is 48.2 Å². The van der Waals surface area contributed by atoms with Crippen LogP contribution in [0.2, 0.25) is 0 Å². The average molecular weight is 388 g/mol. The van der Waals surface area contributed by atoms with E-state index in [0.717, 1.165) is 23.7 Å². The van der Waals surface area contributed by atoms with Gasteiger partial charge in [0.15, 0.2) is 0 Å². The van der Waals surface area contributed by atoms with Crippen molar-refractivity contribution in [2.24, 2.45) is 11.6 Å². The van der Waals surface area contributed by atoms with Crippen LogP contribution in [0.4, 0.5) is 4.79 Å². The molecule has 1 saturated heterocycles. The number of hydrogen-bond acceptors (Lipinski definition) is 7. The van der Waals surface area contributed by atoms with E-state index in [1.165, 1.54) is 5.57 Å². The maximum Gasteiger partial charge on any atom is 0.303 e. The lowest BCUT2D eigenvalue weighted by atomic mass is 10.0. The number of nitrogens with zero attached hydrogens (tertiary/aromatic N) is 1. The minimum atomic E-state index is -0.465. The predicted molar refractivity (Wildman–Crippen MR) is 106 cm³/mol. The van der Waals surface area contributed by atoms with Crippen molar-refractivity contribution in [2.75, 3.05) is 6.61 Å². The summed E-state index contributed by atoms with van der Waals surface area (Å²) >= 11 is 0.959. The smallest absolute Gasteiger partial charge is 0.303 e. The number of benzene rings is 1. The van der Waals surface area contributed by atoms with Crippen LogP contribution in [0.25, 0.3) is 0 Å². The summed E-state index contributed by atoms with van der Waals surface area (Å²) in [6.45, 7) is 2.49. The van der Waals surface area contributed by atoms with Crippen LogP contribution in [0.5, 0.6) is 5.75 Å². The van der Waals surface area contributed by atoms with Crippen LogP contribution in [-0.4, -0.2) is 40.1 Å². The summed E-state index contributed by atoms with van der Waals surface area (Å²) in [5, 5.41) is 3.09. The Morgan fingerprint density at radius 2 is 2.04 bits per heavy atom. The van der Waals surface area contributed by atoms with E-state index in [9.17, 15) is 9.59 Å². The number of hydrogen-bond donors (Lipinski definition) is 3. The molecule has 144 valence electrons. The van der Waals surface area contributed by atoms with Crippen LogP contribution < -0.4 is 21.6 Å². The molecule has 0 saturated carbocycles. The second-order valence-electron chi connectivity index (χ2n) is 6.53. The van der Waals surface area contributed by atoms with Crippen molar-refractivity contribution in [1.82, 2.24) is 10.3 Å². The molecular weight excluding hydrogens is 364 g/mol. The number of allylic oxidation sites excluding steroid dienone is 2. The summed E-state index contributed by atoms with van der Waals surface area (Å²) in [5.74, 6) is 5.76. The minimum absolute atomic E-state index is 0.0433. The number of hydrazine groups is 1. The zero-order valence-corrected chi connectivity index (χ0v) is 15.9. The number of thioether (sulfide) groups is 1. The van der Waals surface area contributed by atoms with Gasteiger partial charge in [-0.05, 0) is 47.9 Å². The molecule has 3 unspecified atom stereocenters. The van der Waals surface area contributed by atoms with Crippen LogP contribution in [-0.2, 0) is 11.2 Å². The summed E-state index contributed by atoms with van der Waals surface area (Å²) in [5.41, 5.74) is 8.39. The van der Waals surface area contributed by atoms with Crippen LogP contribution in [0, 0.1) is 0 Å². The van der Waals surface area contributed by atoms with Crippen LogP contribution >= 0.6 is 11.8 Å². The lowest BCUT2D eigenvalue weighted by Gasteiger charge is -2.24. The van der Waals surface area contributed by atoms with E-state index in [-0.39, 0.29) is 18.0 Å². The molecule has 3 rings (SSSR count). The summed E-state index contributed by atoms with van der Waals surface area (Å²) in [4.78, 5) is 23.3. The second kappa shape index (κ2) is 8.60. The van der Waals surface area contributed by atoms with E-state index in [1.807, 2.05) is 30.5 Å². The SMILES string of the molecule is CCC1=CNC(C(N)COc2ccc(CC3SC(=O)N(N)C3=O)cc2)C=C1. The third kappa shape index (κ3) is 4.71. The van der Waals surface area contributed by atoms with Gasteiger partial charge in [0.2, 0.25) is 0 Å². The highest BCUT2D eigenvalue weighted by atomic mass is 32.2. The molecule has 7 nitrogen and oxygen atoms in total. The monoisotopic (exact) mass is 388 g/mol. The van der Waals surface area contributed by atoms with Crippen LogP contribution in [0.3, 0.4) is 0 Å². The van der Waals surface area contributed by atoms with E-state index >= 15 is 0 Å². The predicted octanol–water partition coefficient (Wildman–Crippen LogP) is 1.69. The maximum atomic E-state index is 11.9. The molecule has 27 heavy (non-hydrogen) atoms. The molecule has 1 aromatic carbocycles. The first-order valence-corrected chi connectivity index (χ1v) is 9.75. The molecule has 5 N–H and O–H groups in total. The van der Waals surface area contributed by atoms with Crippen LogP contribution in [0.1, 0.15) is 18.9 Å². The number of nitrogens with two attached hydrogens (primary N) is 2. The van der Waals surface area contributed by atoms with Gasteiger partial charge in [-0.25, -0.2) is 10.9 Å². The number of dihydropyridines is 1. The topological polar surface area (TPSA) is 111 Å².